The molecule has 21 heavy (non-hydrogen) atoms. The van der Waals surface area contributed by atoms with Gasteiger partial charge in [-0.2, -0.15) is 0 Å². The predicted octanol–water partition coefficient (Wildman–Crippen LogP) is 2.95. The normalized spacial score (nSPS) is 11.4. The molecule has 0 saturated heterocycles. The molecule has 0 heterocycles. The van der Waals surface area contributed by atoms with Crippen LogP contribution in [0.2, 0.25) is 0 Å². The number of primary sulfonamides is 1. The molecule has 0 atom stereocenters. The van der Waals surface area contributed by atoms with Crippen LogP contribution in [0.5, 0.6) is 5.75 Å². The predicted molar refractivity (Wildman–Crippen MR) is 76.2 cm³/mol. The van der Waals surface area contributed by atoms with Gasteiger partial charge in [-0.05, 0) is 23.8 Å². The Morgan fingerprint density at radius 2 is 1.90 bits per heavy atom. The zero-order chi connectivity index (χ0) is 15.6. The van der Waals surface area contributed by atoms with Crippen molar-refractivity contribution in [2.45, 2.75) is 11.5 Å². The lowest BCUT2D eigenvalue weighted by atomic mass is 10.2. The summed E-state index contributed by atoms with van der Waals surface area (Å²) >= 11 is 3.26. The molecule has 8 heteroatoms. The zero-order valence-electron chi connectivity index (χ0n) is 10.5. The van der Waals surface area contributed by atoms with Crippen molar-refractivity contribution >= 4 is 26.0 Å². The van der Waals surface area contributed by atoms with E-state index in [2.05, 4.69) is 15.9 Å². The van der Waals surface area contributed by atoms with Crippen LogP contribution in [-0.4, -0.2) is 8.42 Å². The fourth-order valence-corrected chi connectivity index (χ4v) is 2.81. The third kappa shape index (κ3) is 3.99. The Bertz CT molecular complexity index is 781. The van der Waals surface area contributed by atoms with Crippen LogP contribution < -0.4 is 9.88 Å². The maximum absolute atomic E-state index is 13.7. The Kier molecular flexibility index (Phi) is 4.60. The number of hydrogen-bond donors (Lipinski definition) is 1. The minimum atomic E-state index is -4.31. The van der Waals surface area contributed by atoms with E-state index in [4.69, 9.17) is 9.88 Å². The van der Waals surface area contributed by atoms with Gasteiger partial charge in [0.2, 0.25) is 10.0 Å². The SMILES string of the molecule is NS(=O)(=O)c1cc(F)cc(F)c1OCc1cccc(Br)c1. The number of sulfonamides is 1. The van der Waals surface area contributed by atoms with Crippen molar-refractivity contribution in [1.29, 1.82) is 0 Å². The summed E-state index contributed by atoms with van der Waals surface area (Å²) in [6.45, 7) is -0.0927. The summed E-state index contributed by atoms with van der Waals surface area (Å²) < 4.78 is 55.6. The number of nitrogens with two attached hydrogens (primary N) is 1. The first-order valence-electron chi connectivity index (χ1n) is 5.66. The van der Waals surface area contributed by atoms with E-state index in [1.165, 1.54) is 0 Å². The number of benzene rings is 2. The van der Waals surface area contributed by atoms with Crippen molar-refractivity contribution in [1.82, 2.24) is 0 Å². The van der Waals surface area contributed by atoms with Gasteiger partial charge in [0.1, 0.15) is 17.3 Å². The van der Waals surface area contributed by atoms with Crippen LogP contribution in [0, 0.1) is 11.6 Å². The Balaban J connectivity index is 2.36. The number of halogens is 3. The molecule has 0 spiro atoms. The molecule has 2 rings (SSSR count). The molecule has 0 aliphatic rings. The fraction of sp³-hybridized carbons (Fsp3) is 0.0769. The van der Waals surface area contributed by atoms with Crippen LogP contribution in [0.1, 0.15) is 5.56 Å². The van der Waals surface area contributed by atoms with Gasteiger partial charge < -0.3 is 4.74 Å². The first kappa shape index (κ1) is 15.9. The summed E-state index contributed by atoms with van der Waals surface area (Å²) in [7, 11) is -4.31. The molecule has 112 valence electrons. The topological polar surface area (TPSA) is 69.4 Å². The lowest BCUT2D eigenvalue weighted by molar-refractivity contribution is 0.280. The van der Waals surface area contributed by atoms with Crippen LogP contribution >= 0.6 is 15.9 Å². The van der Waals surface area contributed by atoms with Gasteiger partial charge in [0.25, 0.3) is 0 Å². The van der Waals surface area contributed by atoms with Gasteiger partial charge in [0.05, 0.1) is 0 Å². The molecular formula is C13H10BrF2NO3S. The molecule has 0 amide bonds. The third-order valence-electron chi connectivity index (χ3n) is 2.55. The molecular weight excluding hydrogens is 368 g/mol. The first-order valence-corrected chi connectivity index (χ1v) is 8.00. The van der Waals surface area contributed by atoms with Crippen molar-refractivity contribution in [3.05, 3.63) is 58.1 Å². The highest BCUT2D eigenvalue weighted by atomic mass is 79.9. The maximum atomic E-state index is 13.7. The molecule has 0 aromatic heterocycles. The largest absolute Gasteiger partial charge is 0.484 e. The summed E-state index contributed by atoms with van der Waals surface area (Å²) in [6, 6.07) is 8.11. The molecule has 0 aliphatic heterocycles. The molecule has 2 aromatic rings. The average Bonchev–Trinajstić information content (AvgIpc) is 2.36. The van der Waals surface area contributed by atoms with E-state index in [1.807, 2.05) is 0 Å². The summed E-state index contributed by atoms with van der Waals surface area (Å²) in [5.41, 5.74) is 0.675. The Morgan fingerprint density at radius 1 is 1.19 bits per heavy atom. The van der Waals surface area contributed by atoms with Crippen LogP contribution in [0.4, 0.5) is 8.78 Å². The molecule has 0 unspecified atom stereocenters. The first-order chi connectivity index (χ1) is 9.77. The van der Waals surface area contributed by atoms with E-state index in [1.54, 1.807) is 24.3 Å². The fourth-order valence-electron chi connectivity index (χ4n) is 1.67. The van der Waals surface area contributed by atoms with Crippen molar-refractivity contribution in [2.75, 3.05) is 0 Å². The van der Waals surface area contributed by atoms with Crippen LogP contribution in [0.3, 0.4) is 0 Å². The van der Waals surface area contributed by atoms with Crippen molar-refractivity contribution in [3.63, 3.8) is 0 Å². The summed E-state index contributed by atoms with van der Waals surface area (Å²) in [6.07, 6.45) is 0. The molecule has 2 aromatic carbocycles. The van der Waals surface area contributed by atoms with Crippen LogP contribution in [-0.2, 0) is 16.6 Å². The smallest absolute Gasteiger partial charge is 0.241 e. The van der Waals surface area contributed by atoms with Gasteiger partial charge in [-0.25, -0.2) is 22.3 Å². The molecule has 0 saturated carbocycles. The molecule has 0 fully saturated rings. The van der Waals surface area contributed by atoms with Gasteiger partial charge in [-0.3, -0.25) is 0 Å². The standard InChI is InChI=1S/C13H10BrF2NO3S/c14-9-3-1-2-8(4-9)7-20-13-11(16)5-10(15)6-12(13)21(17,18)19/h1-6H,7H2,(H2,17,18,19). The lowest BCUT2D eigenvalue weighted by Crippen LogP contribution is -2.15. The van der Waals surface area contributed by atoms with Gasteiger partial charge in [-0.1, -0.05) is 28.1 Å². The Morgan fingerprint density at radius 3 is 2.52 bits per heavy atom. The second-order valence-corrected chi connectivity index (χ2v) is 6.62. The van der Waals surface area contributed by atoms with E-state index >= 15 is 0 Å². The van der Waals surface area contributed by atoms with Gasteiger partial charge in [0, 0.05) is 10.5 Å². The van der Waals surface area contributed by atoms with E-state index in [-0.39, 0.29) is 6.61 Å². The molecule has 0 aliphatic carbocycles. The molecule has 0 bridgehead atoms. The van der Waals surface area contributed by atoms with Crippen LogP contribution in [0.15, 0.2) is 45.8 Å². The summed E-state index contributed by atoms with van der Waals surface area (Å²) in [4.78, 5) is -0.727. The van der Waals surface area contributed by atoms with E-state index < -0.39 is 32.3 Å². The van der Waals surface area contributed by atoms with Crippen molar-refractivity contribution in [2.24, 2.45) is 5.14 Å². The maximum Gasteiger partial charge on any atom is 0.241 e. The summed E-state index contributed by atoms with van der Waals surface area (Å²) in [5.74, 6) is -2.78. The lowest BCUT2D eigenvalue weighted by Gasteiger charge is -2.11. The minimum Gasteiger partial charge on any atom is -0.484 e. The quantitative estimate of drug-likeness (QED) is 0.890. The number of ether oxygens (including phenoxy) is 1. The molecule has 4 nitrogen and oxygen atoms in total. The van der Waals surface area contributed by atoms with Crippen molar-refractivity contribution < 1.29 is 21.9 Å². The van der Waals surface area contributed by atoms with Gasteiger partial charge in [-0.15, -0.1) is 0 Å². The zero-order valence-corrected chi connectivity index (χ0v) is 12.9. The highest BCUT2D eigenvalue weighted by molar-refractivity contribution is 9.10. The summed E-state index contributed by atoms with van der Waals surface area (Å²) in [5, 5.41) is 4.94. The van der Waals surface area contributed by atoms with Crippen LogP contribution in [0.25, 0.3) is 0 Å². The monoisotopic (exact) mass is 377 g/mol. The Labute approximate surface area is 128 Å². The van der Waals surface area contributed by atoms with E-state index in [0.717, 1.165) is 4.47 Å². The van der Waals surface area contributed by atoms with E-state index in [0.29, 0.717) is 17.7 Å². The van der Waals surface area contributed by atoms with Gasteiger partial charge in [0.15, 0.2) is 11.6 Å². The highest BCUT2D eigenvalue weighted by Gasteiger charge is 2.21. The number of hydrogen-bond acceptors (Lipinski definition) is 3. The Hall–Kier alpha value is -1.51. The minimum absolute atomic E-state index is 0.0927. The second-order valence-electron chi connectivity index (χ2n) is 4.18. The van der Waals surface area contributed by atoms with Gasteiger partial charge >= 0.3 is 0 Å². The molecule has 2 N–H and O–H groups in total. The van der Waals surface area contributed by atoms with E-state index in [9.17, 15) is 17.2 Å². The number of rotatable bonds is 4. The second kappa shape index (κ2) is 6.08. The average molecular weight is 378 g/mol. The molecule has 0 radical (unpaired) electrons. The third-order valence-corrected chi connectivity index (χ3v) is 3.96. The van der Waals surface area contributed by atoms with Crippen molar-refractivity contribution in [3.8, 4) is 5.75 Å². The highest BCUT2D eigenvalue weighted by Crippen LogP contribution is 2.28.